The molecule has 0 bridgehead atoms. The van der Waals surface area contributed by atoms with E-state index in [-0.39, 0.29) is 51.4 Å². The maximum absolute atomic E-state index is 13.4. The second kappa shape index (κ2) is 12.7. The maximum Gasteiger partial charge on any atom is 0.200 e. The van der Waals surface area contributed by atoms with E-state index in [9.17, 15) is 15.0 Å². The molecule has 0 radical (unpaired) electrons. The van der Waals surface area contributed by atoms with E-state index >= 15 is 0 Å². The fourth-order valence-corrected chi connectivity index (χ4v) is 2.88. The molecule has 7 heteroatoms. The molecule has 0 aliphatic carbocycles. The van der Waals surface area contributed by atoms with E-state index in [1.807, 2.05) is 27.7 Å². The van der Waals surface area contributed by atoms with Gasteiger partial charge >= 0.3 is 0 Å². The Hall–Kier alpha value is -3.09. The third kappa shape index (κ3) is 6.45. The van der Waals surface area contributed by atoms with E-state index in [4.69, 9.17) is 18.9 Å². The van der Waals surface area contributed by atoms with Crippen molar-refractivity contribution in [1.82, 2.24) is 0 Å². The average Bonchev–Trinajstić information content (AvgIpc) is 2.80. The van der Waals surface area contributed by atoms with Gasteiger partial charge in [-0.25, -0.2) is 0 Å². The van der Waals surface area contributed by atoms with E-state index in [1.54, 1.807) is 0 Å². The first-order chi connectivity index (χ1) is 15.5. The normalized spacial score (nSPS) is 10.6. The topological polar surface area (TPSA) is 94.5 Å². The molecule has 0 saturated heterocycles. The predicted molar refractivity (Wildman–Crippen MR) is 123 cm³/mol. The summed E-state index contributed by atoms with van der Waals surface area (Å²) in [5, 5.41) is 21.0. The Morgan fingerprint density at radius 3 is 1.06 bits per heavy atom. The van der Waals surface area contributed by atoms with Crippen molar-refractivity contribution in [3.05, 3.63) is 35.4 Å². The van der Waals surface area contributed by atoms with Gasteiger partial charge in [-0.2, -0.15) is 0 Å². The highest BCUT2D eigenvalue weighted by molar-refractivity contribution is 6.10. The zero-order valence-electron chi connectivity index (χ0n) is 19.4. The Balaban J connectivity index is 2.51. The predicted octanol–water partition coefficient (Wildman–Crippen LogP) is 5.48. The number of hydrogen-bond donors (Lipinski definition) is 2. The highest BCUT2D eigenvalue weighted by Crippen LogP contribution is 2.41. The van der Waals surface area contributed by atoms with Crippen molar-refractivity contribution < 1.29 is 34.0 Å². The highest BCUT2D eigenvalue weighted by atomic mass is 16.5. The van der Waals surface area contributed by atoms with Crippen LogP contribution in [0.15, 0.2) is 24.3 Å². The zero-order valence-corrected chi connectivity index (χ0v) is 19.4. The van der Waals surface area contributed by atoms with Crippen molar-refractivity contribution in [3.8, 4) is 34.5 Å². The molecule has 0 spiro atoms. The highest BCUT2D eigenvalue weighted by Gasteiger charge is 2.21. The van der Waals surface area contributed by atoms with E-state index in [0.717, 1.165) is 25.7 Å². The van der Waals surface area contributed by atoms with Crippen LogP contribution in [0, 0.1) is 0 Å². The molecule has 0 unspecified atom stereocenters. The Morgan fingerprint density at radius 1 is 0.594 bits per heavy atom. The van der Waals surface area contributed by atoms with Gasteiger partial charge in [0.25, 0.3) is 0 Å². The summed E-state index contributed by atoms with van der Waals surface area (Å²) < 4.78 is 22.5. The lowest BCUT2D eigenvalue weighted by atomic mass is 10.0. The number of carbonyl (C=O) groups is 1. The fourth-order valence-electron chi connectivity index (χ4n) is 2.88. The summed E-state index contributed by atoms with van der Waals surface area (Å²) in [5.41, 5.74) is 0.571. The van der Waals surface area contributed by atoms with Crippen molar-refractivity contribution in [1.29, 1.82) is 0 Å². The molecule has 0 aromatic heterocycles. The van der Waals surface area contributed by atoms with Gasteiger partial charge in [0.15, 0.2) is 28.8 Å². The quantitative estimate of drug-likeness (QED) is 0.371. The minimum absolute atomic E-state index is 0.131. The monoisotopic (exact) mass is 446 g/mol. The van der Waals surface area contributed by atoms with Crippen LogP contribution in [0.25, 0.3) is 0 Å². The summed E-state index contributed by atoms with van der Waals surface area (Å²) >= 11 is 0. The van der Waals surface area contributed by atoms with Crippen LogP contribution in [0.4, 0.5) is 0 Å². The number of ether oxygens (including phenoxy) is 4. The largest absolute Gasteiger partial charge is 0.502 e. The summed E-state index contributed by atoms with van der Waals surface area (Å²) in [6.07, 6.45) is 2.99. The van der Waals surface area contributed by atoms with Crippen LogP contribution < -0.4 is 18.9 Å². The molecule has 32 heavy (non-hydrogen) atoms. The lowest BCUT2D eigenvalue weighted by molar-refractivity contribution is 0.103. The summed E-state index contributed by atoms with van der Waals surface area (Å²) in [7, 11) is 0. The average molecular weight is 447 g/mol. The molecule has 0 fully saturated rings. The third-order valence-electron chi connectivity index (χ3n) is 4.45. The Bertz CT molecular complexity index is 762. The number of aromatic hydroxyl groups is 2. The molecule has 7 nitrogen and oxygen atoms in total. The molecule has 0 amide bonds. The van der Waals surface area contributed by atoms with Crippen LogP contribution in [0.5, 0.6) is 34.5 Å². The summed E-state index contributed by atoms with van der Waals surface area (Å²) in [6, 6.07) is 5.99. The van der Waals surface area contributed by atoms with Gasteiger partial charge < -0.3 is 29.2 Å². The number of benzene rings is 2. The molecule has 2 aromatic carbocycles. The molecule has 0 saturated carbocycles. The minimum atomic E-state index is -0.338. The van der Waals surface area contributed by atoms with Crippen LogP contribution in [0.3, 0.4) is 0 Å². The number of ketones is 1. The van der Waals surface area contributed by atoms with E-state index in [1.165, 1.54) is 24.3 Å². The van der Waals surface area contributed by atoms with Crippen LogP contribution in [0.2, 0.25) is 0 Å². The molecule has 2 N–H and O–H groups in total. The van der Waals surface area contributed by atoms with Crippen molar-refractivity contribution in [3.63, 3.8) is 0 Å². The van der Waals surface area contributed by atoms with E-state index in [2.05, 4.69) is 0 Å². The number of carbonyl (C=O) groups excluding carboxylic acids is 1. The lowest BCUT2D eigenvalue weighted by Gasteiger charge is -2.16. The van der Waals surface area contributed by atoms with Crippen molar-refractivity contribution in [2.24, 2.45) is 0 Å². The first-order valence-corrected chi connectivity index (χ1v) is 11.3. The number of hydrogen-bond acceptors (Lipinski definition) is 7. The molecule has 0 atom stereocenters. The zero-order chi connectivity index (χ0) is 23.5. The molecular formula is C25H34O7. The number of phenols is 2. The van der Waals surface area contributed by atoms with Gasteiger partial charge in [0.2, 0.25) is 11.5 Å². The molecule has 0 aliphatic heterocycles. The van der Waals surface area contributed by atoms with Gasteiger partial charge in [-0.15, -0.1) is 0 Å². The van der Waals surface area contributed by atoms with Gasteiger partial charge in [0, 0.05) is 11.1 Å². The Labute approximate surface area is 189 Å². The van der Waals surface area contributed by atoms with Crippen molar-refractivity contribution >= 4 is 5.78 Å². The van der Waals surface area contributed by atoms with E-state index in [0.29, 0.717) is 26.4 Å². The Morgan fingerprint density at radius 2 is 0.844 bits per heavy atom. The Kier molecular flexibility index (Phi) is 9.98. The van der Waals surface area contributed by atoms with Crippen LogP contribution in [-0.2, 0) is 0 Å². The van der Waals surface area contributed by atoms with Crippen LogP contribution in [0.1, 0.15) is 69.3 Å². The van der Waals surface area contributed by atoms with Gasteiger partial charge in [-0.05, 0) is 49.9 Å². The van der Waals surface area contributed by atoms with Gasteiger partial charge in [-0.3, -0.25) is 4.79 Å². The lowest BCUT2D eigenvalue weighted by Crippen LogP contribution is -2.07. The second-order valence-electron chi connectivity index (χ2n) is 7.37. The molecular weight excluding hydrogens is 412 g/mol. The van der Waals surface area contributed by atoms with Gasteiger partial charge in [0.05, 0.1) is 26.4 Å². The number of rotatable bonds is 14. The third-order valence-corrected chi connectivity index (χ3v) is 4.45. The van der Waals surface area contributed by atoms with Crippen LogP contribution in [-0.4, -0.2) is 42.4 Å². The molecule has 2 aromatic rings. The standard InChI is InChI=1S/C25H34O7/c1-5-9-29-19-13-17(14-20(24(19)27)30-10-6-2)23(26)18-15-21(31-11-7-3)25(28)22(16-18)32-12-8-4/h13-16,27-28H,5-12H2,1-4H3. The molecule has 176 valence electrons. The SMILES string of the molecule is CCCOc1cc(C(=O)c2cc(OCCC)c(O)c(OCCC)c2)cc(OCCC)c1O. The maximum atomic E-state index is 13.4. The smallest absolute Gasteiger partial charge is 0.200 e. The van der Waals surface area contributed by atoms with Gasteiger partial charge in [0.1, 0.15) is 0 Å². The van der Waals surface area contributed by atoms with Gasteiger partial charge in [-0.1, -0.05) is 27.7 Å². The summed E-state index contributed by atoms with van der Waals surface area (Å²) in [4.78, 5) is 13.4. The first-order valence-electron chi connectivity index (χ1n) is 11.3. The van der Waals surface area contributed by atoms with Crippen LogP contribution >= 0.6 is 0 Å². The molecule has 0 heterocycles. The fraction of sp³-hybridized carbons (Fsp3) is 0.480. The number of phenolic OH excluding ortho intramolecular Hbond substituents is 2. The summed E-state index contributed by atoms with van der Waals surface area (Å²) in [5.74, 6) is 0.150. The van der Waals surface area contributed by atoms with Crippen molar-refractivity contribution in [2.75, 3.05) is 26.4 Å². The van der Waals surface area contributed by atoms with E-state index < -0.39 is 0 Å². The van der Waals surface area contributed by atoms with Crippen molar-refractivity contribution in [2.45, 2.75) is 53.4 Å². The summed E-state index contributed by atoms with van der Waals surface area (Å²) in [6.45, 7) is 9.37. The second-order valence-corrected chi connectivity index (χ2v) is 7.37. The first kappa shape index (κ1) is 25.2. The minimum Gasteiger partial charge on any atom is -0.502 e. The molecule has 2 rings (SSSR count). The molecule has 0 aliphatic rings.